The maximum absolute atomic E-state index is 13.0. The van der Waals surface area contributed by atoms with Gasteiger partial charge >= 0.3 is 0 Å². The molecule has 1 heterocycles. The smallest absolute Gasteiger partial charge is 0.253 e. The molecule has 0 spiro atoms. The number of amides is 2. The number of nitrogens with one attached hydrogen (secondary N) is 2. The molecule has 0 aromatic heterocycles. The van der Waals surface area contributed by atoms with Crippen molar-refractivity contribution in [3.63, 3.8) is 0 Å². The van der Waals surface area contributed by atoms with Crippen molar-refractivity contribution >= 4 is 23.2 Å². The average molecular weight is 446 g/mol. The minimum Gasteiger partial charge on any atom is -0.385 e. The van der Waals surface area contributed by atoms with Crippen LogP contribution < -0.4 is 15.5 Å². The maximum Gasteiger partial charge on any atom is 0.253 e. The zero-order valence-electron chi connectivity index (χ0n) is 20.9. The Kier molecular flexibility index (Phi) is 10.0. The molecule has 0 saturated carbocycles. The molecule has 1 aromatic carbocycles. The number of carbonyl (C=O) groups is 2. The zero-order valence-corrected chi connectivity index (χ0v) is 20.9. The SMILES string of the molecule is COCCCNC(=O)c1cc(NC(=O)CC(C)CC(C)(C)C)ccc1N1CCC(C)CC1. The highest BCUT2D eigenvalue weighted by Crippen LogP contribution is 2.30. The van der Waals surface area contributed by atoms with Crippen LogP contribution >= 0.6 is 0 Å². The van der Waals surface area contributed by atoms with Crippen molar-refractivity contribution < 1.29 is 14.3 Å². The van der Waals surface area contributed by atoms with E-state index < -0.39 is 0 Å². The van der Waals surface area contributed by atoms with E-state index in [9.17, 15) is 9.59 Å². The lowest BCUT2D eigenvalue weighted by Gasteiger charge is -2.33. The summed E-state index contributed by atoms with van der Waals surface area (Å²) in [6.07, 6.45) is 4.47. The van der Waals surface area contributed by atoms with Gasteiger partial charge in [0.2, 0.25) is 5.91 Å². The molecule has 2 amide bonds. The fourth-order valence-electron chi connectivity index (χ4n) is 4.48. The van der Waals surface area contributed by atoms with Gasteiger partial charge in [-0.15, -0.1) is 0 Å². The molecule has 0 radical (unpaired) electrons. The molecule has 1 unspecified atom stereocenters. The summed E-state index contributed by atoms with van der Waals surface area (Å²) in [6, 6.07) is 5.72. The van der Waals surface area contributed by atoms with Gasteiger partial charge in [-0.25, -0.2) is 0 Å². The minimum atomic E-state index is -0.105. The van der Waals surface area contributed by atoms with Gasteiger partial charge in [-0.2, -0.15) is 0 Å². The molecule has 1 atom stereocenters. The van der Waals surface area contributed by atoms with E-state index in [2.05, 4.69) is 50.2 Å². The summed E-state index contributed by atoms with van der Waals surface area (Å²) in [6.45, 7) is 14.0. The number of carbonyl (C=O) groups excluding carboxylic acids is 2. The first-order chi connectivity index (χ1) is 15.1. The Morgan fingerprint density at radius 1 is 1.22 bits per heavy atom. The van der Waals surface area contributed by atoms with Crippen LogP contribution in [0.4, 0.5) is 11.4 Å². The summed E-state index contributed by atoms with van der Waals surface area (Å²) in [5.41, 5.74) is 2.44. The highest BCUT2D eigenvalue weighted by molar-refractivity contribution is 6.02. The van der Waals surface area contributed by atoms with Crippen molar-refractivity contribution in [2.75, 3.05) is 43.6 Å². The molecule has 1 saturated heterocycles. The van der Waals surface area contributed by atoms with Crippen LogP contribution in [-0.2, 0) is 9.53 Å². The average Bonchev–Trinajstić information content (AvgIpc) is 2.70. The number of piperidine rings is 1. The zero-order chi connectivity index (χ0) is 23.7. The van der Waals surface area contributed by atoms with Gasteiger partial charge in [-0.3, -0.25) is 9.59 Å². The second-order valence-electron chi connectivity index (χ2n) is 10.6. The van der Waals surface area contributed by atoms with Crippen LogP contribution in [0.1, 0.15) is 77.1 Å². The largest absolute Gasteiger partial charge is 0.385 e. The van der Waals surface area contributed by atoms with E-state index in [0.717, 1.165) is 44.5 Å². The number of anilines is 2. The lowest BCUT2D eigenvalue weighted by Crippen LogP contribution is -2.35. The third kappa shape index (κ3) is 8.81. The summed E-state index contributed by atoms with van der Waals surface area (Å²) in [5, 5.41) is 6.01. The van der Waals surface area contributed by atoms with Crippen molar-refractivity contribution in [2.24, 2.45) is 17.3 Å². The minimum absolute atomic E-state index is 0.00671. The first kappa shape index (κ1) is 26.2. The van der Waals surface area contributed by atoms with Crippen LogP contribution in [0, 0.1) is 17.3 Å². The molecule has 0 bridgehead atoms. The van der Waals surface area contributed by atoms with Crippen LogP contribution in [0.15, 0.2) is 18.2 Å². The summed E-state index contributed by atoms with van der Waals surface area (Å²) in [7, 11) is 1.66. The molecule has 1 aromatic rings. The molecular formula is C26H43N3O3. The first-order valence-corrected chi connectivity index (χ1v) is 12.0. The van der Waals surface area contributed by atoms with E-state index in [1.807, 2.05) is 18.2 Å². The molecule has 0 aliphatic carbocycles. The van der Waals surface area contributed by atoms with E-state index in [4.69, 9.17) is 4.74 Å². The number of nitrogens with zero attached hydrogens (tertiary/aromatic N) is 1. The fraction of sp³-hybridized carbons (Fsp3) is 0.692. The molecule has 1 aliphatic heterocycles. The highest BCUT2D eigenvalue weighted by Gasteiger charge is 2.22. The molecular weight excluding hydrogens is 402 g/mol. The van der Waals surface area contributed by atoms with Gasteiger partial charge in [0.05, 0.1) is 5.56 Å². The number of methoxy groups -OCH3 is 1. The van der Waals surface area contributed by atoms with Crippen molar-refractivity contribution in [3.8, 4) is 0 Å². The van der Waals surface area contributed by atoms with Crippen molar-refractivity contribution in [2.45, 2.75) is 66.7 Å². The Labute approximate surface area is 194 Å². The van der Waals surface area contributed by atoms with Gasteiger partial charge in [0.25, 0.3) is 5.91 Å². The number of benzene rings is 1. The molecule has 1 aliphatic rings. The number of ether oxygens (including phenoxy) is 1. The summed E-state index contributed by atoms with van der Waals surface area (Å²) in [5.74, 6) is 0.902. The predicted octanol–water partition coefficient (Wildman–Crippen LogP) is 5.09. The Bertz CT molecular complexity index is 749. The van der Waals surface area contributed by atoms with E-state index in [0.29, 0.717) is 42.7 Å². The van der Waals surface area contributed by atoms with E-state index in [-0.39, 0.29) is 17.2 Å². The number of hydrogen-bond acceptors (Lipinski definition) is 4. The Hall–Kier alpha value is -2.08. The van der Waals surface area contributed by atoms with Gasteiger partial charge < -0.3 is 20.3 Å². The topological polar surface area (TPSA) is 70.7 Å². The van der Waals surface area contributed by atoms with Crippen LogP contribution in [0.5, 0.6) is 0 Å². The summed E-state index contributed by atoms with van der Waals surface area (Å²) >= 11 is 0. The van der Waals surface area contributed by atoms with E-state index in [1.165, 1.54) is 0 Å². The fourth-order valence-corrected chi connectivity index (χ4v) is 4.48. The van der Waals surface area contributed by atoms with Crippen LogP contribution in [-0.4, -0.2) is 45.2 Å². The third-order valence-electron chi connectivity index (χ3n) is 5.95. The standard InChI is InChI=1S/C26H43N3O3/c1-19-10-13-29(14-11-19)23-9-8-21(17-22(23)25(31)27-12-7-15-32-6)28-24(30)16-20(2)18-26(3,4)5/h8-9,17,19-20H,7,10-16,18H2,1-6H3,(H,27,31)(H,28,30). The van der Waals surface area contributed by atoms with Gasteiger partial charge in [0.1, 0.15) is 0 Å². The molecule has 1 fully saturated rings. The monoisotopic (exact) mass is 445 g/mol. The molecule has 180 valence electrons. The van der Waals surface area contributed by atoms with Gasteiger partial charge in [0, 0.05) is 51.1 Å². The van der Waals surface area contributed by atoms with Crippen LogP contribution in [0.3, 0.4) is 0 Å². The molecule has 6 nitrogen and oxygen atoms in total. The van der Waals surface area contributed by atoms with Crippen molar-refractivity contribution in [3.05, 3.63) is 23.8 Å². The predicted molar refractivity (Wildman–Crippen MR) is 132 cm³/mol. The maximum atomic E-state index is 13.0. The lowest BCUT2D eigenvalue weighted by atomic mass is 9.84. The highest BCUT2D eigenvalue weighted by atomic mass is 16.5. The normalized spacial score (nSPS) is 16.0. The second kappa shape index (κ2) is 12.2. The van der Waals surface area contributed by atoms with Gasteiger partial charge in [0.15, 0.2) is 0 Å². The molecule has 2 rings (SSSR count). The first-order valence-electron chi connectivity index (χ1n) is 12.0. The van der Waals surface area contributed by atoms with Gasteiger partial charge in [-0.05, 0) is 61.1 Å². The van der Waals surface area contributed by atoms with Crippen LogP contribution in [0.2, 0.25) is 0 Å². The Morgan fingerprint density at radius 3 is 2.53 bits per heavy atom. The van der Waals surface area contributed by atoms with Gasteiger partial charge in [-0.1, -0.05) is 34.6 Å². The quantitative estimate of drug-likeness (QED) is 0.492. The van der Waals surface area contributed by atoms with Crippen molar-refractivity contribution in [1.29, 1.82) is 0 Å². The molecule has 2 N–H and O–H groups in total. The van der Waals surface area contributed by atoms with Crippen LogP contribution in [0.25, 0.3) is 0 Å². The lowest BCUT2D eigenvalue weighted by molar-refractivity contribution is -0.117. The number of rotatable bonds is 10. The summed E-state index contributed by atoms with van der Waals surface area (Å²) < 4.78 is 5.08. The molecule has 32 heavy (non-hydrogen) atoms. The Balaban J connectivity index is 2.13. The van der Waals surface area contributed by atoms with E-state index in [1.54, 1.807) is 7.11 Å². The Morgan fingerprint density at radius 2 is 1.91 bits per heavy atom. The van der Waals surface area contributed by atoms with Crippen molar-refractivity contribution in [1.82, 2.24) is 5.32 Å². The second-order valence-corrected chi connectivity index (χ2v) is 10.6. The summed E-state index contributed by atoms with van der Waals surface area (Å²) in [4.78, 5) is 27.9. The third-order valence-corrected chi connectivity index (χ3v) is 5.95. The van der Waals surface area contributed by atoms with E-state index >= 15 is 0 Å². The number of hydrogen-bond donors (Lipinski definition) is 2. The molecule has 6 heteroatoms.